The van der Waals surface area contributed by atoms with Crippen LogP contribution in [-0.4, -0.2) is 6.29 Å². The molecular weight excluding hydrogens is 160 g/mol. The van der Waals surface area contributed by atoms with Gasteiger partial charge in [-0.05, 0) is 25.7 Å². The van der Waals surface area contributed by atoms with Crippen molar-refractivity contribution in [2.45, 2.75) is 52.4 Å². The van der Waals surface area contributed by atoms with Gasteiger partial charge in [0.2, 0.25) is 0 Å². The van der Waals surface area contributed by atoms with Crippen LogP contribution < -0.4 is 0 Å². The molecule has 0 aromatic carbocycles. The molecule has 0 rings (SSSR count). The van der Waals surface area contributed by atoms with E-state index in [9.17, 15) is 4.79 Å². The Labute approximate surface area is 82.2 Å². The number of aldehydes is 1. The highest BCUT2D eigenvalue weighted by Crippen LogP contribution is 2.07. The first-order valence-corrected chi connectivity index (χ1v) is 5.41. The zero-order valence-electron chi connectivity index (χ0n) is 8.96. The fourth-order valence-corrected chi connectivity index (χ4v) is 1.20. The lowest BCUT2D eigenvalue weighted by molar-refractivity contribution is -0.110. The van der Waals surface area contributed by atoms with Gasteiger partial charge in [-0.15, -0.1) is 0 Å². The van der Waals surface area contributed by atoms with Gasteiger partial charge in [-0.3, -0.25) is 0 Å². The second-order valence-corrected chi connectivity index (χ2v) is 3.66. The molecule has 0 aliphatic carbocycles. The van der Waals surface area contributed by atoms with Crippen molar-refractivity contribution in [3.05, 3.63) is 12.2 Å². The zero-order chi connectivity index (χ0) is 9.94. The van der Waals surface area contributed by atoms with Gasteiger partial charge in [-0.2, -0.15) is 0 Å². The third kappa shape index (κ3) is 9.32. The van der Waals surface area contributed by atoms with Crippen LogP contribution in [0, 0.1) is 5.92 Å². The van der Waals surface area contributed by atoms with Gasteiger partial charge in [0.1, 0.15) is 6.29 Å². The number of allylic oxidation sites excluding steroid dienone is 2. The summed E-state index contributed by atoms with van der Waals surface area (Å²) in [6, 6.07) is 0. The Hall–Kier alpha value is -0.590. The lowest BCUT2D eigenvalue weighted by Crippen LogP contribution is -1.94. The number of carbonyl (C=O) groups excluding carboxylic acids is 1. The van der Waals surface area contributed by atoms with E-state index in [2.05, 4.69) is 19.1 Å². The van der Waals surface area contributed by atoms with Crippen LogP contribution in [0.5, 0.6) is 0 Å². The lowest BCUT2D eigenvalue weighted by Gasteiger charge is -2.00. The molecule has 76 valence electrons. The second kappa shape index (κ2) is 9.50. The predicted octanol–water partition coefficient (Wildman–Crippen LogP) is 3.74. The lowest BCUT2D eigenvalue weighted by atomic mass is 10.0. The first-order chi connectivity index (χ1) is 6.31. The van der Waals surface area contributed by atoms with Crippen molar-refractivity contribution < 1.29 is 4.79 Å². The Morgan fingerprint density at radius 3 is 2.46 bits per heavy atom. The average molecular weight is 182 g/mol. The average Bonchev–Trinajstić information content (AvgIpc) is 2.16. The summed E-state index contributed by atoms with van der Waals surface area (Å²) in [6.07, 6.45) is 12.6. The molecule has 1 unspecified atom stereocenters. The maximum atomic E-state index is 10.3. The van der Waals surface area contributed by atoms with Gasteiger partial charge in [0.25, 0.3) is 0 Å². The van der Waals surface area contributed by atoms with Crippen LogP contribution in [0.2, 0.25) is 0 Å². The summed E-state index contributed by atoms with van der Waals surface area (Å²) in [7, 11) is 0. The SMILES string of the molecule is CCCC=CCCCCC(C)C=O. The standard InChI is InChI=1S/C12H22O/c1-3-4-5-6-7-8-9-10-12(2)11-13/h5-6,11-12H,3-4,7-10H2,1-2H3. The van der Waals surface area contributed by atoms with Crippen molar-refractivity contribution in [1.29, 1.82) is 0 Å². The molecule has 13 heavy (non-hydrogen) atoms. The van der Waals surface area contributed by atoms with Gasteiger partial charge in [0.15, 0.2) is 0 Å². The summed E-state index contributed by atoms with van der Waals surface area (Å²) in [5.41, 5.74) is 0. The van der Waals surface area contributed by atoms with Gasteiger partial charge in [-0.1, -0.05) is 38.8 Å². The summed E-state index contributed by atoms with van der Waals surface area (Å²) in [5.74, 6) is 0.250. The molecule has 0 saturated carbocycles. The number of hydrogen-bond donors (Lipinski definition) is 0. The van der Waals surface area contributed by atoms with E-state index in [0.717, 1.165) is 12.7 Å². The third-order valence-electron chi connectivity index (χ3n) is 2.13. The van der Waals surface area contributed by atoms with Crippen LogP contribution in [-0.2, 0) is 4.79 Å². The summed E-state index contributed by atoms with van der Waals surface area (Å²) < 4.78 is 0. The maximum Gasteiger partial charge on any atom is 0.122 e. The number of unbranched alkanes of at least 4 members (excludes halogenated alkanes) is 3. The Balaban J connectivity index is 3.11. The quantitative estimate of drug-likeness (QED) is 0.317. The molecule has 0 bridgehead atoms. The van der Waals surface area contributed by atoms with E-state index in [1.807, 2.05) is 6.92 Å². The molecule has 0 fully saturated rings. The van der Waals surface area contributed by atoms with Crippen molar-refractivity contribution in [2.75, 3.05) is 0 Å². The highest BCUT2D eigenvalue weighted by atomic mass is 16.1. The summed E-state index contributed by atoms with van der Waals surface area (Å²) in [6.45, 7) is 4.18. The van der Waals surface area contributed by atoms with Gasteiger partial charge in [0, 0.05) is 5.92 Å². The van der Waals surface area contributed by atoms with Crippen LogP contribution in [0.15, 0.2) is 12.2 Å². The molecule has 0 aliphatic heterocycles. The molecule has 0 aromatic rings. The first kappa shape index (κ1) is 12.4. The van der Waals surface area contributed by atoms with Gasteiger partial charge in [-0.25, -0.2) is 0 Å². The highest BCUT2D eigenvalue weighted by Gasteiger charge is 1.97. The normalized spacial score (nSPS) is 13.4. The zero-order valence-corrected chi connectivity index (χ0v) is 8.96. The van der Waals surface area contributed by atoms with Crippen LogP contribution in [0.25, 0.3) is 0 Å². The van der Waals surface area contributed by atoms with Crippen molar-refractivity contribution >= 4 is 6.29 Å². The Bertz CT molecular complexity index is 138. The van der Waals surface area contributed by atoms with E-state index in [-0.39, 0.29) is 5.92 Å². The molecule has 0 N–H and O–H groups in total. The fraction of sp³-hybridized carbons (Fsp3) is 0.750. The Morgan fingerprint density at radius 1 is 1.15 bits per heavy atom. The molecule has 1 heteroatoms. The van der Waals surface area contributed by atoms with Crippen LogP contribution >= 0.6 is 0 Å². The van der Waals surface area contributed by atoms with E-state index < -0.39 is 0 Å². The fourth-order valence-electron chi connectivity index (χ4n) is 1.20. The summed E-state index contributed by atoms with van der Waals surface area (Å²) >= 11 is 0. The molecule has 0 aliphatic rings. The molecule has 0 spiro atoms. The summed E-state index contributed by atoms with van der Waals surface area (Å²) in [4.78, 5) is 10.3. The molecule has 1 nitrogen and oxygen atoms in total. The van der Waals surface area contributed by atoms with E-state index in [0.29, 0.717) is 0 Å². The number of carbonyl (C=O) groups is 1. The van der Waals surface area contributed by atoms with Crippen LogP contribution in [0.1, 0.15) is 52.4 Å². The molecule has 0 aromatic heterocycles. The van der Waals surface area contributed by atoms with Gasteiger partial charge in [0.05, 0.1) is 0 Å². The minimum absolute atomic E-state index is 0.250. The smallest absolute Gasteiger partial charge is 0.122 e. The van der Waals surface area contributed by atoms with Gasteiger partial charge < -0.3 is 4.79 Å². The monoisotopic (exact) mass is 182 g/mol. The summed E-state index contributed by atoms with van der Waals surface area (Å²) in [5, 5.41) is 0. The Morgan fingerprint density at radius 2 is 1.85 bits per heavy atom. The molecule has 0 heterocycles. The minimum Gasteiger partial charge on any atom is -0.303 e. The minimum atomic E-state index is 0.250. The first-order valence-electron chi connectivity index (χ1n) is 5.41. The molecule has 0 radical (unpaired) electrons. The van der Waals surface area contributed by atoms with Crippen molar-refractivity contribution in [1.82, 2.24) is 0 Å². The third-order valence-corrected chi connectivity index (χ3v) is 2.13. The Kier molecular flexibility index (Phi) is 9.07. The highest BCUT2D eigenvalue weighted by molar-refractivity contribution is 5.52. The van der Waals surface area contributed by atoms with Crippen molar-refractivity contribution in [3.8, 4) is 0 Å². The maximum absolute atomic E-state index is 10.3. The molecule has 0 amide bonds. The van der Waals surface area contributed by atoms with Crippen molar-refractivity contribution in [3.63, 3.8) is 0 Å². The molecular formula is C12H22O. The van der Waals surface area contributed by atoms with E-state index in [1.54, 1.807) is 0 Å². The van der Waals surface area contributed by atoms with E-state index in [1.165, 1.54) is 32.1 Å². The number of rotatable bonds is 8. The molecule has 1 atom stereocenters. The largest absolute Gasteiger partial charge is 0.303 e. The van der Waals surface area contributed by atoms with Gasteiger partial charge >= 0.3 is 0 Å². The topological polar surface area (TPSA) is 17.1 Å². The van der Waals surface area contributed by atoms with Crippen LogP contribution in [0.3, 0.4) is 0 Å². The van der Waals surface area contributed by atoms with Crippen molar-refractivity contribution in [2.24, 2.45) is 5.92 Å². The number of hydrogen-bond acceptors (Lipinski definition) is 1. The predicted molar refractivity (Wildman–Crippen MR) is 57.7 cm³/mol. The second-order valence-electron chi connectivity index (χ2n) is 3.66. The van der Waals surface area contributed by atoms with E-state index in [4.69, 9.17) is 0 Å². The van der Waals surface area contributed by atoms with Crippen LogP contribution in [0.4, 0.5) is 0 Å². The van der Waals surface area contributed by atoms with E-state index >= 15 is 0 Å². The molecule has 0 saturated heterocycles.